The van der Waals surface area contributed by atoms with Crippen LogP contribution in [0.1, 0.15) is 19.7 Å². The SMILES string of the molecule is Cc1noc(-c2cccnc2NC[C@H]2CN(CC(C)C)CCO2)n1. The number of ether oxygens (including phenoxy) is 1. The molecule has 7 heteroatoms. The number of nitrogens with one attached hydrogen (secondary N) is 1. The fourth-order valence-electron chi connectivity index (χ4n) is 2.92. The summed E-state index contributed by atoms with van der Waals surface area (Å²) in [6.07, 6.45) is 1.90. The standard InChI is InChI=1S/C17H25N5O2/c1-12(2)10-22-7-8-23-14(11-22)9-19-16-15(5-4-6-18-16)17-20-13(3)21-24-17/h4-6,12,14H,7-11H2,1-3H3,(H,18,19)/t14-/m0/s1. The Morgan fingerprint density at radius 2 is 2.29 bits per heavy atom. The van der Waals surface area contributed by atoms with Crippen LogP contribution in [-0.2, 0) is 4.74 Å². The Morgan fingerprint density at radius 3 is 3.04 bits per heavy atom. The zero-order valence-corrected chi connectivity index (χ0v) is 14.5. The number of hydrogen-bond acceptors (Lipinski definition) is 7. The molecule has 1 N–H and O–H groups in total. The van der Waals surface area contributed by atoms with E-state index in [0.717, 1.165) is 37.6 Å². The molecule has 2 aromatic rings. The van der Waals surface area contributed by atoms with Gasteiger partial charge in [-0.1, -0.05) is 19.0 Å². The maximum atomic E-state index is 5.88. The second-order valence-corrected chi connectivity index (χ2v) is 6.57. The number of morpholine rings is 1. The summed E-state index contributed by atoms with van der Waals surface area (Å²) >= 11 is 0. The van der Waals surface area contributed by atoms with Crippen LogP contribution in [0.25, 0.3) is 11.5 Å². The second kappa shape index (κ2) is 7.72. The fraction of sp³-hybridized carbons (Fsp3) is 0.588. The Morgan fingerprint density at radius 1 is 1.42 bits per heavy atom. The predicted molar refractivity (Wildman–Crippen MR) is 91.8 cm³/mol. The maximum Gasteiger partial charge on any atom is 0.261 e. The van der Waals surface area contributed by atoms with Gasteiger partial charge >= 0.3 is 0 Å². The first-order valence-corrected chi connectivity index (χ1v) is 8.45. The molecule has 1 aliphatic heterocycles. The van der Waals surface area contributed by atoms with E-state index < -0.39 is 0 Å². The van der Waals surface area contributed by atoms with Gasteiger partial charge in [0.2, 0.25) is 0 Å². The Labute approximate surface area is 142 Å². The number of rotatable bonds is 6. The summed E-state index contributed by atoms with van der Waals surface area (Å²) in [4.78, 5) is 11.2. The van der Waals surface area contributed by atoms with E-state index in [1.54, 1.807) is 13.1 Å². The van der Waals surface area contributed by atoms with Gasteiger partial charge in [0.1, 0.15) is 5.82 Å². The minimum Gasteiger partial charge on any atom is -0.374 e. The number of aromatic nitrogens is 3. The highest BCUT2D eigenvalue weighted by Gasteiger charge is 2.21. The van der Waals surface area contributed by atoms with E-state index in [2.05, 4.69) is 39.2 Å². The molecule has 0 spiro atoms. The van der Waals surface area contributed by atoms with Gasteiger partial charge < -0.3 is 14.6 Å². The van der Waals surface area contributed by atoms with Crippen LogP contribution in [0.4, 0.5) is 5.82 Å². The number of hydrogen-bond donors (Lipinski definition) is 1. The van der Waals surface area contributed by atoms with Gasteiger partial charge in [-0.05, 0) is 25.0 Å². The van der Waals surface area contributed by atoms with E-state index in [-0.39, 0.29) is 6.10 Å². The molecular formula is C17H25N5O2. The molecule has 1 atom stereocenters. The van der Waals surface area contributed by atoms with E-state index in [9.17, 15) is 0 Å². The van der Waals surface area contributed by atoms with Crippen molar-refractivity contribution >= 4 is 5.82 Å². The third kappa shape index (κ3) is 4.30. The molecule has 0 aliphatic carbocycles. The molecule has 0 unspecified atom stereocenters. The summed E-state index contributed by atoms with van der Waals surface area (Å²) in [7, 11) is 0. The van der Waals surface area contributed by atoms with Gasteiger partial charge in [-0.3, -0.25) is 4.90 Å². The third-order valence-corrected chi connectivity index (χ3v) is 3.91. The highest BCUT2D eigenvalue weighted by molar-refractivity contribution is 5.68. The largest absolute Gasteiger partial charge is 0.374 e. The lowest BCUT2D eigenvalue weighted by Crippen LogP contribution is -2.46. The quantitative estimate of drug-likeness (QED) is 0.869. The lowest BCUT2D eigenvalue weighted by atomic mass is 10.1. The van der Waals surface area contributed by atoms with E-state index in [1.165, 1.54) is 0 Å². The molecule has 7 nitrogen and oxygen atoms in total. The van der Waals surface area contributed by atoms with Crippen molar-refractivity contribution in [3.63, 3.8) is 0 Å². The monoisotopic (exact) mass is 331 g/mol. The minimum atomic E-state index is 0.150. The summed E-state index contributed by atoms with van der Waals surface area (Å²) in [5, 5.41) is 7.22. The first-order chi connectivity index (χ1) is 11.6. The van der Waals surface area contributed by atoms with Crippen LogP contribution in [-0.4, -0.2) is 58.9 Å². The van der Waals surface area contributed by atoms with Gasteiger partial charge in [0.25, 0.3) is 5.89 Å². The first kappa shape index (κ1) is 16.9. The van der Waals surface area contributed by atoms with Crippen molar-refractivity contribution in [1.82, 2.24) is 20.0 Å². The van der Waals surface area contributed by atoms with Gasteiger partial charge in [0, 0.05) is 32.4 Å². The number of nitrogens with zero attached hydrogens (tertiary/aromatic N) is 4. The topological polar surface area (TPSA) is 76.3 Å². The van der Waals surface area contributed by atoms with Crippen LogP contribution in [0.15, 0.2) is 22.9 Å². The molecular weight excluding hydrogens is 306 g/mol. The van der Waals surface area contributed by atoms with Crippen molar-refractivity contribution in [2.24, 2.45) is 5.92 Å². The zero-order chi connectivity index (χ0) is 16.9. The molecule has 24 heavy (non-hydrogen) atoms. The predicted octanol–water partition coefficient (Wildman–Crippen LogP) is 2.21. The average molecular weight is 331 g/mol. The van der Waals surface area contributed by atoms with Crippen molar-refractivity contribution in [2.75, 3.05) is 38.1 Å². The highest BCUT2D eigenvalue weighted by Crippen LogP contribution is 2.24. The first-order valence-electron chi connectivity index (χ1n) is 8.45. The fourth-order valence-corrected chi connectivity index (χ4v) is 2.92. The van der Waals surface area contributed by atoms with Crippen LogP contribution in [0.5, 0.6) is 0 Å². The summed E-state index contributed by atoms with van der Waals surface area (Å²) < 4.78 is 11.1. The van der Waals surface area contributed by atoms with Crippen LogP contribution < -0.4 is 5.32 Å². The molecule has 0 saturated carbocycles. The molecule has 0 amide bonds. The van der Waals surface area contributed by atoms with E-state index in [0.29, 0.717) is 24.2 Å². The molecule has 3 rings (SSSR count). The van der Waals surface area contributed by atoms with Crippen LogP contribution in [0, 0.1) is 12.8 Å². The Bertz CT molecular complexity index is 658. The molecule has 3 heterocycles. The number of pyridine rings is 1. The maximum absolute atomic E-state index is 5.88. The summed E-state index contributed by atoms with van der Waals surface area (Å²) in [5.41, 5.74) is 0.813. The zero-order valence-electron chi connectivity index (χ0n) is 14.5. The lowest BCUT2D eigenvalue weighted by molar-refractivity contribution is -0.0244. The molecule has 0 bridgehead atoms. The average Bonchev–Trinajstić information content (AvgIpc) is 2.99. The molecule has 2 aromatic heterocycles. The molecule has 130 valence electrons. The molecule has 1 aliphatic rings. The van der Waals surface area contributed by atoms with Crippen LogP contribution >= 0.6 is 0 Å². The molecule has 1 fully saturated rings. The van der Waals surface area contributed by atoms with Crippen molar-refractivity contribution in [3.8, 4) is 11.5 Å². The molecule has 0 aromatic carbocycles. The smallest absolute Gasteiger partial charge is 0.261 e. The highest BCUT2D eigenvalue weighted by atomic mass is 16.5. The van der Waals surface area contributed by atoms with E-state index >= 15 is 0 Å². The normalized spacial score (nSPS) is 18.9. The van der Waals surface area contributed by atoms with Crippen molar-refractivity contribution in [1.29, 1.82) is 0 Å². The summed E-state index contributed by atoms with van der Waals surface area (Å²) in [6.45, 7) is 10.8. The second-order valence-electron chi connectivity index (χ2n) is 6.57. The van der Waals surface area contributed by atoms with E-state index in [4.69, 9.17) is 9.26 Å². The van der Waals surface area contributed by atoms with Crippen molar-refractivity contribution in [2.45, 2.75) is 26.9 Å². The van der Waals surface area contributed by atoms with Gasteiger partial charge in [-0.15, -0.1) is 0 Å². The molecule has 1 saturated heterocycles. The summed E-state index contributed by atoms with van der Waals surface area (Å²) in [5.74, 6) is 2.50. The van der Waals surface area contributed by atoms with Crippen LogP contribution in [0.3, 0.4) is 0 Å². The van der Waals surface area contributed by atoms with Crippen LogP contribution in [0.2, 0.25) is 0 Å². The third-order valence-electron chi connectivity index (χ3n) is 3.91. The van der Waals surface area contributed by atoms with Gasteiger partial charge in [-0.25, -0.2) is 4.98 Å². The number of aryl methyl sites for hydroxylation is 1. The minimum absolute atomic E-state index is 0.150. The Balaban J connectivity index is 1.63. The molecule has 0 radical (unpaired) electrons. The van der Waals surface area contributed by atoms with Crippen molar-refractivity contribution < 1.29 is 9.26 Å². The van der Waals surface area contributed by atoms with Gasteiger partial charge in [0.15, 0.2) is 5.82 Å². The Kier molecular flexibility index (Phi) is 5.42. The van der Waals surface area contributed by atoms with Crippen molar-refractivity contribution in [3.05, 3.63) is 24.2 Å². The Hall–Kier alpha value is -1.99. The van der Waals surface area contributed by atoms with Gasteiger partial charge in [-0.2, -0.15) is 4.98 Å². The van der Waals surface area contributed by atoms with Gasteiger partial charge in [0.05, 0.1) is 18.3 Å². The number of anilines is 1. The lowest BCUT2D eigenvalue weighted by Gasteiger charge is -2.34. The van der Waals surface area contributed by atoms with E-state index in [1.807, 2.05) is 12.1 Å². The summed E-state index contributed by atoms with van der Waals surface area (Å²) in [6, 6.07) is 3.79.